The van der Waals surface area contributed by atoms with E-state index in [0.717, 1.165) is 0 Å². The minimum absolute atomic E-state index is 0.431. The van der Waals surface area contributed by atoms with E-state index in [1.54, 1.807) is 30.3 Å². The Kier molecular flexibility index (Phi) is 4.37. The van der Waals surface area contributed by atoms with E-state index in [0.29, 0.717) is 16.1 Å². The fraction of sp³-hybridized carbons (Fsp3) is 0.133. The predicted octanol–water partition coefficient (Wildman–Crippen LogP) is 3.02. The van der Waals surface area contributed by atoms with Crippen molar-refractivity contribution >= 4 is 17.6 Å². The van der Waals surface area contributed by atoms with Gasteiger partial charge in [0.25, 0.3) is 0 Å². The number of hydrogen-bond acceptors (Lipinski definition) is 2. The molecule has 3 nitrogen and oxygen atoms in total. The van der Waals surface area contributed by atoms with Crippen LogP contribution >= 0.6 is 11.6 Å². The molecule has 0 bridgehead atoms. The van der Waals surface area contributed by atoms with Crippen molar-refractivity contribution in [3.8, 4) is 0 Å². The zero-order valence-electron chi connectivity index (χ0n) is 10.5. The van der Waals surface area contributed by atoms with E-state index in [1.807, 2.05) is 0 Å². The van der Waals surface area contributed by atoms with Crippen LogP contribution in [0.3, 0.4) is 0 Å². The van der Waals surface area contributed by atoms with Crippen molar-refractivity contribution in [2.75, 3.05) is 0 Å². The first kappa shape index (κ1) is 14.5. The molecule has 0 spiro atoms. The van der Waals surface area contributed by atoms with Gasteiger partial charge in [-0.05, 0) is 35.4 Å². The second-order valence-electron chi connectivity index (χ2n) is 4.45. The lowest BCUT2D eigenvalue weighted by atomic mass is 9.85. The van der Waals surface area contributed by atoms with E-state index in [1.165, 1.54) is 18.2 Å². The Morgan fingerprint density at radius 2 is 1.80 bits per heavy atom. The summed E-state index contributed by atoms with van der Waals surface area (Å²) in [6.45, 7) is 0. The van der Waals surface area contributed by atoms with Crippen LogP contribution in [-0.2, 0) is 4.79 Å². The summed E-state index contributed by atoms with van der Waals surface area (Å²) in [7, 11) is 0. The maximum absolute atomic E-state index is 13.4. The summed E-state index contributed by atoms with van der Waals surface area (Å²) in [5, 5.41) is 9.69. The van der Waals surface area contributed by atoms with Crippen LogP contribution in [-0.4, -0.2) is 17.1 Å². The second-order valence-corrected chi connectivity index (χ2v) is 4.88. The monoisotopic (exact) mass is 293 g/mol. The molecule has 20 heavy (non-hydrogen) atoms. The lowest BCUT2D eigenvalue weighted by Gasteiger charge is -2.22. The molecule has 0 radical (unpaired) electrons. The van der Waals surface area contributed by atoms with Gasteiger partial charge >= 0.3 is 5.97 Å². The van der Waals surface area contributed by atoms with Crippen LogP contribution in [0.25, 0.3) is 0 Å². The second kappa shape index (κ2) is 6.03. The maximum atomic E-state index is 13.4. The Balaban J connectivity index is 2.49. The number of carbonyl (C=O) groups is 1. The van der Waals surface area contributed by atoms with Crippen molar-refractivity contribution in [2.45, 2.75) is 12.0 Å². The van der Waals surface area contributed by atoms with Gasteiger partial charge in [-0.3, -0.25) is 4.79 Å². The van der Waals surface area contributed by atoms with Gasteiger partial charge in [0.05, 0.1) is 0 Å². The van der Waals surface area contributed by atoms with E-state index in [9.17, 15) is 9.18 Å². The fourth-order valence-corrected chi connectivity index (χ4v) is 2.25. The van der Waals surface area contributed by atoms with Crippen LogP contribution in [0.2, 0.25) is 5.02 Å². The number of benzene rings is 2. The van der Waals surface area contributed by atoms with Crippen molar-refractivity contribution < 1.29 is 14.3 Å². The van der Waals surface area contributed by atoms with E-state index >= 15 is 0 Å². The van der Waals surface area contributed by atoms with Crippen molar-refractivity contribution in [3.05, 3.63) is 70.5 Å². The van der Waals surface area contributed by atoms with Gasteiger partial charge in [0.2, 0.25) is 0 Å². The molecule has 0 fully saturated rings. The molecule has 0 heterocycles. The maximum Gasteiger partial charge on any atom is 0.321 e. The molecule has 0 aliphatic rings. The number of aliphatic carboxylic acids is 1. The smallest absolute Gasteiger partial charge is 0.321 e. The molecule has 2 rings (SSSR count). The molecule has 104 valence electrons. The van der Waals surface area contributed by atoms with Gasteiger partial charge in [-0.1, -0.05) is 35.9 Å². The number of halogens is 2. The van der Waals surface area contributed by atoms with Gasteiger partial charge in [0.15, 0.2) is 0 Å². The third-order valence-electron chi connectivity index (χ3n) is 3.08. The predicted molar refractivity (Wildman–Crippen MR) is 75.3 cm³/mol. The van der Waals surface area contributed by atoms with Crippen LogP contribution in [0.15, 0.2) is 48.5 Å². The topological polar surface area (TPSA) is 63.3 Å². The van der Waals surface area contributed by atoms with Crippen molar-refractivity contribution in [3.63, 3.8) is 0 Å². The highest BCUT2D eigenvalue weighted by Gasteiger charge is 2.27. The molecular weight excluding hydrogens is 281 g/mol. The summed E-state index contributed by atoms with van der Waals surface area (Å²) >= 11 is 5.82. The molecular formula is C15H13ClFNO2. The summed E-state index contributed by atoms with van der Waals surface area (Å²) in [4.78, 5) is 11.2. The fourth-order valence-electron chi connectivity index (χ4n) is 2.12. The minimum Gasteiger partial charge on any atom is -0.480 e. The highest BCUT2D eigenvalue weighted by molar-refractivity contribution is 6.30. The van der Waals surface area contributed by atoms with Gasteiger partial charge in [-0.15, -0.1) is 0 Å². The zero-order chi connectivity index (χ0) is 14.7. The van der Waals surface area contributed by atoms with E-state index in [-0.39, 0.29) is 0 Å². The molecule has 3 N–H and O–H groups in total. The molecule has 5 heteroatoms. The van der Waals surface area contributed by atoms with Gasteiger partial charge in [-0.25, -0.2) is 4.39 Å². The Hall–Kier alpha value is -1.91. The molecule has 2 aromatic carbocycles. The van der Waals surface area contributed by atoms with Gasteiger partial charge in [-0.2, -0.15) is 0 Å². The average Bonchev–Trinajstić information content (AvgIpc) is 2.41. The Morgan fingerprint density at radius 1 is 1.15 bits per heavy atom. The van der Waals surface area contributed by atoms with Crippen LogP contribution in [0, 0.1) is 5.82 Å². The van der Waals surface area contributed by atoms with Crippen LogP contribution in [0.1, 0.15) is 17.0 Å². The highest BCUT2D eigenvalue weighted by Crippen LogP contribution is 2.29. The van der Waals surface area contributed by atoms with Gasteiger partial charge < -0.3 is 10.8 Å². The summed E-state index contributed by atoms with van der Waals surface area (Å²) in [5.41, 5.74) is 6.95. The quantitative estimate of drug-likeness (QED) is 0.911. The summed E-state index contributed by atoms with van der Waals surface area (Å²) in [6.07, 6.45) is 0. The minimum atomic E-state index is -1.17. The molecule has 2 aromatic rings. The lowest BCUT2D eigenvalue weighted by molar-refractivity contribution is -0.138. The highest BCUT2D eigenvalue weighted by atomic mass is 35.5. The van der Waals surface area contributed by atoms with Gasteiger partial charge in [0.1, 0.15) is 11.9 Å². The Bertz CT molecular complexity index is 616. The van der Waals surface area contributed by atoms with Crippen molar-refractivity contribution in [1.29, 1.82) is 0 Å². The third-order valence-corrected chi connectivity index (χ3v) is 3.33. The standard InChI is InChI=1S/C15H13ClFNO2/c16-11-6-4-9(5-7-11)13(14(18)15(19)20)10-2-1-3-12(17)8-10/h1-8,13-14H,18H2,(H,19,20)/t13-,14-/m0/s1. The molecule has 0 aromatic heterocycles. The normalized spacial score (nSPS) is 13.8. The first-order valence-electron chi connectivity index (χ1n) is 5.98. The molecule has 2 atom stereocenters. The molecule has 0 aliphatic carbocycles. The largest absolute Gasteiger partial charge is 0.480 e. The van der Waals surface area contributed by atoms with E-state index in [2.05, 4.69) is 0 Å². The number of nitrogens with two attached hydrogens (primary N) is 1. The number of hydrogen-bond donors (Lipinski definition) is 2. The van der Waals surface area contributed by atoms with Crippen molar-refractivity contribution in [1.82, 2.24) is 0 Å². The summed E-state index contributed by atoms with van der Waals surface area (Å²) in [6, 6.07) is 11.3. The number of rotatable bonds is 4. The van der Waals surface area contributed by atoms with E-state index < -0.39 is 23.7 Å². The van der Waals surface area contributed by atoms with E-state index in [4.69, 9.17) is 22.4 Å². The molecule has 0 saturated heterocycles. The average molecular weight is 294 g/mol. The van der Waals surface area contributed by atoms with Crippen LogP contribution in [0.4, 0.5) is 4.39 Å². The molecule has 0 aliphatic heterocycles. The molecule has 0 unspecified atom stereocenters. The Labute approximate surface area is 120 Å². The van der Waals surface area contributed by atoms with Crippen LogP contribution < -0.4 is 5.73 Å². The Morgan fingerprint density at radius 3 is 2.35 bits per heavy atom. The summed E-state index contributed by atoms with van der Waals surface area (Å²) in [5.74, 6) is -2.21. The summed E-state index contributed by atoms with van der Waals surface area (Å²) < 4.78 is 13.4. The van der Waals surface area contributed by atoms with Crippen molar-refractivity contribution in [2.24, 2.45) is 5.73 Å². The number of carboxylic acid groups (broad SMARTS) is 1. The van der Waals surface area contributed by atoms with Gasteiger partial charge in [0, 0.05) is 10.9 Å². The molecule has 0 saturated carbocycles. The van der Waals surface area contributed by atoms with Crippen LogP contribution in [0.5, 0.6) is 0 Å². The molecule has 0 amide bonds. The number of carboxylic acids is 1. The first-order chi connectivity index (χ1) is 9.49. The lowest BCUT2D eigenvalue weighted by Crippen LogP contribution is -2.37. The zero-order valence-corrected chi connectivity index (χ0v) is 11.2. The SMILES string of the molecule is N[C@H](C(=O)O)[C@@H](c1ccc(Cl)cc1)c1cccc(F)c1. The third kappa shape index (κ3) is 3.15. The first-order valence-corrected chi connectivity index (χ1v) is 6.36.